The van der Waals surface area contributed by atoms with Crippen molar-refractivity contribution in [3.05, 3.63) is 47.5 Å². The Bertz CT molecular complexity index is 1220. The van der Waals surface area contributed by atoms with E-state index in [2.05, 4.69) is 18.4 Å². The van der Waals surface area contributed by atoms with Gasteiger partial charge in [0.25, 0.3) is 0 Å². The molecular formula is C21H24ClN5O3S2. The minimum Gasteiger partial charge on any atom is -0.368 e. The van der Waals surface area contributed by atoms with Crippen LogP contribution in [0, 0.1) is 5.92 Å². The molecule has 11 heteroatoms. The lowest BCUT2D eigenvalue weighted by Gasteiger charge is -2.38. The number of amides is 1. The first-order chi connectivity index (χ1) is 15.3. The standard InChI is InChI=1S/C21H24ClN5O3S2/c1-14(2)19(25-32(29,30)18-8-4-7-17-20(18)24-31-23-17)21(28)27-11-9-26(10-12-27)16-6-3-5-15(22)13-16/h3-8,13-14,19,25H,9-12H2,1-2H3. The molecule has 0 bridgehead atoms. The molecule has 1 unspecified atom stereocenters. The van der Waals surface area contributed by atoms with Crippen molar-refractivity contribution in [2.24, 2.45) is 5.92 Å². The second kappa shape index (κ2) is 9.30. The molecule has 0 radical (unpaired) electrons. The third-order valence-electron chi connectivity index (χ3n) is 5.52. The maximum atomic E-state index is 13.3. The van der Waals surface area contributed by atoms with Crippen LogP contribution >= 0.6 is 23.3 Å². The maximum Gasteiger partial charge on any atom is 0.243 e. The Hall–Kier alpha value is -2.27. The fourth-order valence-electron chi connectivity index (χ4n) is 3.76. The minimum absolute atomic E-state index is 0.0352. The Morgan fingerprint density at radius 3 is 2.50 bits per heavy atom. The van der Waals surface area contributed by atoms with Gasteiger partial charge in [0.05, 0.1) is 11.7 Å². The Labute approximate surface area is 196 Å². The summed E-state index contributed by atoms with van der Waals surface area (Å²) in [4.78, 5) is 17.2. The molecule has 1 aromatic heterocycles. The van der Waals surface area contributed by atoms with Crippen LogP contribution in [0.25, 0.3) is 11.0 Å². The monoisotopic (exact) mass is 493 g/mol. The van der Waals surface area contributed by atoms with Gasteiger partial charge in [-0.15, -0.1) is 0 Å². The molecule has 8 nitrogen and oxygen atoms in total. The summed E-state index contributed by atoms with van der Waals surface area (Å²) in [5.74, 6) is -0.450. The zero-order valence-electron chi connectivity index (χ0n) is 17.7. The van der Waals surface area contributed by atoms with Crippen LogP contribution in [0.5, 0.6) is 0 Å². The van der Waals surface area contributed by atoms with Gasteiger partial charge in [-0.2, -0.15) is 13.5 Å². The zero-order valence-corrected chi connectivity index (χ0v) is 20.1. The van der Waals surface area contributed by atoms with Gasteiger partial charge in [-0.3, -0.25) is 4.79 Å². The van der Waals surface area contributed by atoms with E-state index in [0.29, 0.717) is 42.2 Å². The van der Waals surface area contributed by atoms with Crippen molar-refractivity contribution in [3.8, 4) is 0 Å². The van der Waals surface area contributed by atoms with Gasteiger partial charge < -0.3 is 9.80 Å². The molecule has 32 heavy (non-hydrogen) atoms. The first-order valence-corrected chi connectivity index (χ1v) is 12.9. The van der Waals surface area contributed by atoms with Gasteiger partial charge in [0.1, 0.15) is 22.0 Å². The number of hydrogen-bond acceptors (Lipinski definition) is 7. The molecule has 1 N–H and O–H groups in total. The number of fused-ring (bicyclic) bond motifs is 1. The number of rotatable bonds is 6. The number of nitrogens with one attached hydrogen (secondary N) is 1. The molecule has 1 aliphatic rings. The number of aromatic nitrogens is 2. The van der Waals surface area contributed by atoms with E-state index in [4.69, 9.17) is 11.6 Å². The molecule has 3 aromatic rings. The molecule has 2 heterocycles. The minimum atomic E-state index is -3.96. The molecule has 0 aliphatic carbocycles. The predicted molar refractivity (Wildman–Crippen MR) is 127 cm³/mol. The Morgan fingerprint density at radius 2 is 1.81 bits per heavy atom. The van der Waals surface area contributed by atoms with E-state index in [9.17, 15) is 13.2 Å². The van der Waals surface area contributed by atoms with Crippen molar-refractivity contribution in [2.75, 3.05) is 31.1 Å². The number of carbonyl (C=O) groups is 1. The van der Waals surface area contributed by atoms with Crippen LogP contribution < -0.4 is 9.62 Å². The molecule has 1 saturated heterocycles. The van der Waals surface area contributed by atoms with E-state index in [1.807, 2.05) is 38.1 Å². The maximum absolute atomic E-state index is 13.3. The molecule has 1 aliphatic heterocycles. The van der Waals surface area contributed by atoms with Gasteiger partial charge in [0.15, 0.2) is 0 Å². The number of nitrogens with zero attached hydrogens (tertiary/aromatic N) is 4. The van der Waals surface area contributed by atoms with Crippen LogP contribution in [0.3, 0.4) is 0 Å². The number of sulfonamides is 1. The van der Waals surface area contributed by atoms with Crippen LogP contribution in [-0.4, -0.2) is 60.2 Å². The number of halogens is 1. The molecule has 1 atom stereocenters. The van der Waals surface area contributed by atoms with Gasteiger partial charge in [0.2, 0.25) is 15.9 Å². The van der Waals surface area contributed by atoms with Gasteiger partial charge in [-0.05, 0) is 36.2 Å². The fraction of sp³-hybridized carbons (Fsp3) is 0.381. The number of benzene rings is 2. The van der Waals surface area contributed by atoms with E-state index in [0.717, 1.165) is 17.4 Å². The topological polar surface area (TPSA) is 95.5 Å². The Kier molecular flexibility index (Phi) is 6.66. The van der Waals surface area contributed by atoms with Gasteiger partial charge in [-0.1, -0.05) is 37.6 Å². The van der Waals surface area contributed by atoms with Gasteiger partial charge in [-0.25, -0.2) is 8.42 Å². The lowest BCUT2D eigenvalue weighted by Crippen LogP contribution is -2.56. The number of piperazine rings is 1. The van der Waals surface area contributed by atoms with Crippen molar-refractivity contribution in [3.63, 3.8) is 0 Å². The molecule has 1 amide bonds. The first-order valence-electron chi connectivity index (χ1n) is 10.3. The van der Waals surface area contributed by atoms with Crippen molar-refractivity contribution in [1.82, 2.24) is 18.4 Å². The molecule has 4 rings (SSSR count). The highest BCUT2D eigenvalue weighted by Crippen LogP contribution is 2.24. The number of carbonyl (C=O) groups excluding carboxylic acids is 1. The highest BCUT2D eigenvalue weighted by atomic mass is 35.5. The summed E-state index contributed by atoms with van der Waals surface area (Å²) in [6, 6.07) is 11.6. The quantitative estimate of drug-likeness (QED) is 0.567. The third kappa shape index (κ3) is 4.73. The summed E-state index contributed by atoms with van der Waals surface area (Å²) >= 11 is 7.05. The van der Waals surface area contributed by atoms with E-state index in [1.165, 1.54) is 6.07 Å². The van der Waals surface area contributed by atoms with Gasteiger partial charge >= 0.3 is 0 Å². The summed E-state index contributed by atoms with van der Waals surface area (Å²) in [5.41, 5.74) is 1.84. The normalized spacial score (nSPS) is 16.0. The van der Waals surface area contributed by atoms with Crippen molar-refractivity contribution < 1.29 is 13.2 Å². The van der Waals surface area contributed by atoms with Crippen molar-refractivity contribution >= 4 is 56.0 Å². The fourth-order valence-corrected chi connectivity index (χ4v) is 6.04. The molecular weight excluding hydrogens is 470 g/mol. The Balaban J connectivity index is 1.48. The van der Waals surface area contributed by atoms with Crippen LogP contribution in [0.15, 0.2) is 47.4 Å². The highest BCUT2D eigenvalue weighted by Gasteiger charge is 2.34. The average Bonchev–Trinajstić information content (AvgIpc) is 3.26. The molecule has 0 saturated carbocycles. The zero-order chi connectivity index (χ0) is 22.9. The van der Waals surface area contributed by atoms with Crippen molar-refractivity contribution in [2.45, 2.75) is 24.8 Å². The second-order valence-corrected chi connectivity index (χ2v) is 10.7. The summed E-state index contributed by atoms with van der Waals surface area (Å²) in [6.07, 6.45) is 0. The first kappa shape index (κ1) is 22.9. The largest absolute Gasteiger partial charge is 0.368 e. The van der Waals surface area contributed by atoms with E-state index in [-0.39, 0.29) is 16.7 Å². The molecule has 0 spiro atoms. The predicted octanol–water partition coefficient (Wildman–Crippen LogP) is 3.00. The lowest BCUT2D eigenvalue weighted by molar-refractivity contribution is -0.134. The SMILES string of the molecule is CC(C)C(NS(=O)(=O)c1cccc2nsnc12)C(=O)N1CCN(c2cccc(Cl)c2)CC1. The highest BCUT2D eigenvalue weighted by molar-refractivity contribution is 7.89. The smallest absolute Gasteiger partial charge is 0.243 e. The average molecular weight is 494 g/mol. The third-order valence-corrected chi connectivity index (χ3v) is 7.77. The van der Waals surface area contributed by atoms with Crippen LogP contribution in [0.1, 0.15) is 13.8 Å². The molecule has 2 aromatic carbocycles. The summed E-state index contributed by atoms with van der Waals surface area (Å²) in [5, 5.41) is 0.667. The lowest BCUT2D eigenvalue weighted by atomic mass is 10.0. The molecule has 1 fully saturated rings. The van der Waals surface area contributed by atoms with E-state index in [1.54, 1.807) is 17.0 Å². The number of hydrogen-bond donors (Lipinski definition) is 1. The molecule has 170 valence electrons. The number of anilines is 1. The van der Waals surface area contributed by atoms with E-state index >= 15 is 0 Å². The van der Waals surface area contributed by atoms with Crippen LogP contribution in [0.2, 0.25) is 5.02 Å². The van der Waals surface area contributed by atoms with Crippen molar-refractivity contribution in [1.29, 1.82) is 0 Å². The summed E-state index contributed by atoms with van der Waals surface area (Å²) in [7, 11) is -3.96. The Morgan fingerprint density at radius 1 is 1.09 bits per heavy atom. The van der Waals surface area contributed by atoms with Crippen LogP contribution in [0.4, 0.5) is 5.69 Å². The van der Waals surface area contributed by atoms with Crippen LogP contribution in [-0.2, 0) is 14.8 Å². The summed E-state index contributed by atoms with van der Waals surface area (Å²) in [6.45, 7) is 5.96. The van der Waals surface area contributed by atoms with Gasteiger partial charge in [0, 0.05) is 36.9 Å². The second-order valence-electron chi connectivity index (χ2n) is 8.02. The summed E-state index contributed by atoms with van der Waals surface area (Å²) < 4.78 is 37.1. The van der Waals surface area contributed by atoms with E-state index < -0.39 is 16.1 Å².